The molecule has 0 spiro atoms. The number of carboxylic acids is 1. The third-order valence-corrected chi connectivity index (χ3v) is 5.17. The Kier molecular flexibility index (Phi) is 6.16. The van der Waals surface area contributed by atoms with Crippen LogP contribution in [0.2, 0.25) is 0 Å². The molecular formula is C22H24N2O5. The van der Waals surface area contributed by atoms with Crippen LogP contribution in [-0.4, -0.2) is 46.1 Å². The fourth-order valence-electron chi connectivity index (χ4n) is 3.38. The number of nitrogens with zero attached hydrogens (tertiary/aromatic N) is 1. The van der Waals surface area contributed by atoms with Crippen LogP contribution in [0.25, 0.3) is 0 Å². The quantitative estimate of drug-likeness (QED) is 0.750. The number of hydrogen-bond donors (Lipinski definition) is 2. The van der Waals surface area contributed by atoms with Crippen LogP contribution in [0.1, 0.15) is 24.5 Å². The molecule has 1 unspecified atom stereocenters. The standard InChI is InChI=1S/C22H24N2O5/c1-16(19(25)26)23-20(27)22(14-17-8-4-2-5-9-17)12-13-24(22)21(28)29-15-18-10-6-3-7-11-18/h2-11,16H,12-15H2,1H3,(H,23,27)(H,25,26)/t16-,22?/m1/s1. The summed E-state index contributed by atoms with van der Waals surface area (Å²) in [5.74, 6) is -1.62. The molecule has 2 amide bonds. The average molecular weight is 396 g/mol. The molecule has 3 rings (SSSR count). The highest BCUT2D eigenvalue weighted by atomic mass is 16.6. The van der Waals surface area contributed by atoms with Crippen molar-refractivity contribution in [1.29, 1.82) is 0 Å². The van der Waals surface area contributed by atoms with E-state index < -0.39 is 29.6 Å². The minimum Gasteiger partial charge on any atom is -0.480 e. The predicted molar refractivity (Wildman–Crippen MR) is 106 cm³/mol. The molecule has 7 nitrogen and oxygen atoms in total. The van der Waals surface area contributed by atoms with Gasteiger partial charge in [-0.25, -0.2) is 4.79 Å². The maximum atomic E-state index is 13.0. The SMILES string of the molecule is C[C@@H](NC(=O)C1(Cc2ccccc2)CCN1C(=O)OCc1ccccc1)C(=O)O. The van der Waals surface area contributed by atoms with Gasteiger partial charge in [0.1, 0.15) is 18.2 Å². The van der Waals surface area contributed by atoms with E-state index in [4.69, 9.17) is 9.84 Å². The molecule has 1 heterocycles. The highest BCUT2D eigenvalue weighted by molar-refractivity contribution is 5.94. The van der Waals surface area contributed by atoms with E-state index in [1.807, 2.05) is 60.7 Å². The van der Waals surface area contributed by atoms with Gasteiger partial charge < -0.3 is 15.2 Å². The largest absolute Gasteiger partial charge is 0.480 e. The van der Waals surface area contributed by atoms with Crippen molar-refractivity contribution in [2.45, 2.75) is 38.0 Å². The monoisotopic (exact) mass is 396 g/mol. The molecule has 0 bridgehead atoms. The normalized spacial score (nSPS) is 19.0. The number of carbonyl (C=O) groups excluding carboxylic acids is 2. The Morgan fingerprint density at radius 3 is 2.17 bits per heavy atom. The minimum atomic E-state index is -1.17. The zero-order chi connectivity index (χ0) is 20.9. The smallest absolute Gasteiger partial charge is 0.411 e. The lowest BCUT2D eigenvalue weighted by Gasteiger charge is -2.50. The first-order valence-corrected chi connectivity index (χ1v) is 9.48. The van der Waals surface area contributed by atoms with E-state index in [2.05, 4.69) is 5.32 Å². The van der Waals surface area contributed by atoms with Crippen LogP contribution in [0.4, 0.5) is 4.79 Å². The summed E-state index contributed by atoms with van der Waals surface area (Å²) in [6.07, 6.45) is 0.126. The molecular weight excluding hydrogens is 372 g/mol. The minimum absolute atomic E-state index is 0.102. The number of nitrogens with one attached hydrogen (secondary N) is 1. The number of likely N-dealkylation sites (tertiary alicyclic amines) is 1. The first-order chi connectivity index (χ1) is 13.9. The molecule has 0 aliphatic carbocycles. The van der Waals surface area contributed by atoms with E-state index in [1.165, 1.54) is 11.8 Å². The molecule has 0 radical (unpaired) electrons. The molecule has 1 aliphatic heterocycles. The lowest BCUT2D eigenvalue weighted by molar-refractivity contribution is -0.147. The second-order valence-electron chi connectivity index (χ2n) is 7.17. The summed E-state index contributed by atoms with van der Waals surface area (Å²) in [4.78, 5) is 38.3. The summed E-state index contributed by atoms with van der Waals surface area (Å²) < 4.78 is 5.42. The Bertz CT molecular complexity index is 871. The fourth-order valence-corrected chi connectivity index (χ4v) is 3.38. The first kappa shape index (κ1) is 20.4. The van der Waals surface area contributed by atoms with Gasteiger partial charge in [-0.05, 0) is 24.5 Å². The summed E-state index contributed by atoms with van der Waals surface area (Å²) in [6.45, 7) is 1.87. The molecule has 1 aliphatic rings. The lowest BCUT2D eigenvalue weighted by Crippen LogP contribution is -2.71. The van der Waals surface area contributed by atoms with E-state index in [1.54, 1.807) is 0 Å². The van der Waals surface area contributed by atoms with Gasteiger partial charge >= 0.3 is 12.1 Å². The molecule has 0 aromatic heterocycles. The third kappa shape index (κ3) is 4.56. The molecule has 1 fully saturated rings. The fraction of sp³-hybridized carbons (Fsp3) is 0.318. The Labute approximate surface area is 169 Å². The van der Waals surface area contributed by atoms with Gasteiger partial charge in [-0.3, -0.25) is 14.5 Å². The van der Waals surface area contributed by atoms with Gasteiger partial charge in [0.25, 0.3) is 0 Å². The van der Waals surface area contributed by atoms with Crippen molar-refractivity contribution in [3.8, 4) is 0 Å². The zero-order valence-electron chi connectivity index (χ0n) is 16.2. The van der Waals surface area contributed by atoms with Gasteiger partial charge in [-0.2, -0.15) is 0 Å². The van der Waals surface area contributed by atoms with E-state index in [-0.39, 0.29) is 13.0 Å². The highest BCUT2D eigenvalue weighted by Crippen LogP contribution is 2.35. The van der Waals surface area contributed by atoms with Gasteiger partial charge in [0.05, 0.1) is 0 Å². The molecule has 2 aromatic carbocycles. The van der Waals surface area contributed by atoms with Gasteiger partial charge in [-0.15, -0.1) is 0 Å². The Hall–Kier alpha value is -3.35. The lowest BCUT2D eigenvalue weighted by atomic mass is 9.78. The summed E-state index contributed by atoms with van der Waals surface area (Å²) in [5, 5.41) is 11.7. The van der Waals surface area contributed by atoms with E-state index in [0.29, 0.717) is 13.0 Å². The predicted octanol–water partition coefficient (Wildman–Crippen LogP) is 2.60. The van der Waals surface area contributed by atoms with Gasteiger partial charge in [-0.1, -0.05) is 60.7 Å². The molecule has 2 atom stereocenters. The van der Waals surface area contributed by atoms with Crippen molar-refractivity contribution in [3.63, 3.8) is 0 Å². The van der Waals surface area contributed by atoms with Crippen molar-refractivity contribution < 1.29 is 24.2 Å². The highest BCUT2D eigenvalue weighted by Gasteiger charge is 2.54. The number of aliphatic carboxylic acids is 1. The number of ether oxygens (including phenoxy) is 1. The topological polar surface area (TPSA) is 95.9 Å². The summed E-state index contributed by atoms with van der Waals surface area (Å²) in [6, 6.07) is 17.6. The summed E-state index contributed by atoms with van der Waals surface area (Å²) in [7, 11) is 0. The van der Waals surface area contributed by atoms with E-state index >= 15 is 0 Å². The van der Waals surface area contributed by atoms with Gasteiger partial charge in [0, 0.05) is 13.0 Å². The molecule has 2 N–H and O–H groups in total. The van der Waals surface area contributed by atoms with Crippen LogP contribution < -0.4 is 5.32 Å². The van der Waals surface area contributed by atoms with Gasteiger partial charge in [0.15, 0.2) is 0 Å². The Balaban J connectivity index is 1.77. The van der Waals surface area contributed by atoms with Crippen LogP contribution in [0.3, 0.4) is 0 Å². The Morgan fingerprint density at radius 2 is 1.66 bits per heavy atom. The number of rotatable bonds is 7. The number of hydrogen-bond acceptors (Lipinski definition) is 4. The van der Waals surface area contributed by atoms with Gasteiger partial charge in [0.2, 0.25) is 5.91 Å². The molecule has 2 aromatic rings. The third-order valence-electron chi connectivity index (χ3n) is 5.17. The molecule has 7 heteroatoms. The van der Waals surface area contributed by atoms with Crippen molar-refractivity contribution >= 4 is 18.0 Å². The zero-order valence-corrected chi connectivity index (χ0v) is 16.2. The summed E-state index contributed by atoms with van der Waals surface area (Å²) in [5.41, 5.74) is 0.559. The first-order valence-electron chi connectivity index (χ1n) is 9.48. The second-order valence-corrected chi connectivity index (χ2v) is 7.17. The number of carboxylic acid groups (broad SMARTS) is 1. The number of carbonyl (C=O) groups is 3. The number of amides is 2. The molecule has 152 valence electrons. The number of benzene rings is 2. The molecule has 0 saturated carbocycles. The Morgan fingerprint density at radius 1 is 1.07 bits per heavy atom. The van der Waals surface area contributed by atoms with Crippen molar-refractivity contribution in [2.24, 2.45) is 0 Å². The van der Waals surface area contributed by atoms with Crippen LogP contribution in [-0.2, 0) is 27.4 Å². The van der Waals surface area contributed by atoms with E-state index in [0.717, 1.165) is 11.1 Å². The second kappa shape index (κ2) is 8.77. The van der Waals surface area contributed by atoms with Crippen LogP contribution >= 0.6 is 0 Å². The summed E-state index contributed by atoms with van der Waals surface area (Å²) >= 11 is 0. The van der Waals surface area contributed by atoms with Crippen molar-refractivity contribution in [3.05, 3.63) is 71.8 Å². The molecule has 1 saturated heterocycles. The average Bonchev–Trinajstić information content (AvgIpc) is 2.71. The van der Waals surface area contributed by atoms with Crippen LogP contribution in [0.15, 0.2) is 60.7 Å². The van der Waals surface area contributed by atoms with Crippen molar-refractivity contribution in [2.75, 3.05) is 6.54 Å². The van der Waals surface area contributed by atoms with Crippen LogP contribution in [0.5, 0.6) is 0 Å². The van der Waals surface area contributed by atoms with Crippen molar-refractivity contribution in [1.82, 2.24) is 10.2 Å². The molecule has 29 heavy (non-hydrogen) atoms. The van der Waals surface area contributed by atoms with E-state index in [9.17, 15) is 14.4 Å². The maximum Gasteiger partial charge on any atom is 0.411 e. The maximum absolute atomic E-state index is 13.0. The van der Waals surface area contributed by atoms with Crippen LogP contribution in [0, 0.1) is 0 Å².